The third kappa shape index (κ3) is 7.15. The van der Waals surface area contributed by atoms with Gasteiger partial charge in [-0.1, -0.05) is 36.4 Å². The van der Waals surface area contributed by atoms with E-state index in [4.69, 9.17) is 18.8 Å². The first-order valence-corrected chi connectivity index (χ1v) is 16.6. The van der Waals surface area contributed by atoms with Crippen molar-refractivity contribution in [1.29, 1.82) is 0 Å². The normalized spacial score (nSPS) is 11.9. The van der Waals surface area contributed by atoms with E-state index >= 15 is 0 Å². The molecule has 0 aliphatic heterocycles. The fourth-order valence-electron chi connectivity index (χ4n) is 4.47. The van der Waals surface area contributed by atoms with Gasteiger partial charge in [0.25, 0.3) is 5.91 Å². The van der Waals surface area contributed by atoms with Crippen LogP contribution in [-0.2, 0) is 23.6 Å². The van der Waals surface area contributed by atoms with Crippen molar-refractivity contribution in [2.75, 3.05) is 49.3 Å². The molecule has 3 N–H and O–H groups in total. The Morgan fingerprint density at radius 3 is 2.00 bits per heavy atom. The van der Waals surface area contributed by atoms with E-state index in [0.717, 1.165) is 33.7 Å². The van der Waals surface area contributed by atoms with Crippen LogP contribution >= 0.6 is 7.60 Å². The van der Waals surface area contributed by atoms with Crippen molar-refractivity contribution in [1.82, 2.24) is 10.3 Å². The number of carbonyl (C=O) groups excluding carboxylic acids is 1. The SMILES string of the molecule is CCOP(=O)(CCNC(=O)c1c(NS(C)(=O)=O)ccc(Nc2c3ccccc3nc3ccccc23)c1OC)OCC. The number of benzene rings is 3. The molecule has 4 aromatic rings. The fourth-order valence-corrected chi connectivity index (χ4v) is 6.54. The predicted octanol–water partition coefficient (Wildman–Crippen LogP) is 5.51. The topological polar surface area (TPSA) is 145 Å². The number of aromatic nitrogens is 1. The molecule has 3 aromatic carbocycles. The maximum absolute atomic E-state index is 13.5. The van der Waals surface area contributed by atoms with Gasteiger partial charge < -0.3 is 24.4 Å². The van der Waals surface area contributed by atoms with Gasteiger partial charge in [0.1, 0.15) is 5.56 Å². The minimum Gasteiger partial charge on any atom is -0.494 e. The van der Waals surface area contributed by atoms with E-state index in [0.29, 0.717) is 5.69 Å². The molecule has 4 rings (SSSR count). The lowest BCUT2D eigenvalue weighted by molar-refractivity contribution is 0.0953. The Morgan fingerprint density at radius 2 is 1.46 bits per heavy atom. The first-order valence-electron chi connectivity index (χ1n) is 13.0. The van der Waals surface area contributed by atoms with Crippen LogP contribution in [0.4, 0.5) is 17.1 Å². The first-order chi connectivity index (χ1) is 19.6. The van der Waals surface area contributed by atoms with E-state index in [9.17, 15) is 17.8 Å². The van der Waals surface area contributed by atoms with Gasteiger partial charge in [-0.2, -0.15) is 0 Å². The summed E-state index contributed by atoms with van der Waals surface area (Å²) >= 11 is 0. The van der Waals surface area contributed by atoms with Crippen LogP contribution in [0, 0.1) is 0 Å². The lowest BCUT2D eigenvalue weighted by Crippen LogP contribution is -2.29. The highest BCUT2D eigenvalue weighted by Crippen LogP contribution is 2.47. The summed E-state index contributed by atoms with van der Waals surface area (Å²) in [7, 11) is -5.76. The molecule has 0 saturated heterocycles. The van der Waals surface area contributed by atoms with Gasteiger partial charge in [-0.3, -0.25) is 14.1 Å². The number of hydrogen-bond acceptors (Lipinski definition) is 9. The van der Waals surface area contributed by atoms with Crippen molar-refractivity contribution in [2.45, 2.75) is 13.8 Å². The minimum atomic E-state index is -3.74. The molecule has 0 fully saturated rings. The Balaban J connectivity index is 1.77. The average molecular weight is 601 g/mol. The predicted molar refractivity (Wildman–Crippen MR) is 162 cm³/mol. The highest BCUT2D eigenvalue weighted by atomic mass is 32.2. The van der Waals surface area contributed by atoms with Crippen molar-refractivity contribution in [3.05, 3.63) is 66.2 Å². The standard InChI is InChI=1S/C28H33N4O7PS/c1-5-38-40(34,39-6-2)18-17-29-28(33)25-23(32-41(4,35)36)15-16-24(27(25)37-3)31-26-19-11-7-9-13-21(19)30-22-14-10-8-12-20(22)26/h7-16,32H,5-6,17-18H2,1-4H3,(H,29,33)(H,30,31). The number of hydrogen-bond donors (Lipinski definition) is 3. The van der Waals surface area contributed by atoms with E-state index in [1.54, 1.807) is 19.9 Å². The summed E-state index contributed by atoms with van der Waals surface area (Å²) < 4.78 is 55.9. The third-order valence-corrected chi connectivity index (χ3v) is 8.72. The molecule has 41 heavy (non-hydrogen) atoms. The van der Waals surface area contributed by atoms with Crippen molar-refractivity contribution in [2.24, 2.45) is 0 Å². The molecular formula is C28H33N4O7PS. The maximum Gasteiger partial charge on any atom is 0.332 e. The average Bonchev–Trinajstić information content (AvgIpc) is 2.92. The van der Waals surface area contributed by atoms with Crippen LogP contribution in [0.15, 0.2) is 60.7 Å². The Kier molecular flexibility index (Phi) is 9.49. The van der Waals surface area contributed by atoms with E-state index in [1.807, 2.05) is 48.5 Å². The lowest BCUT2D eigenvalue weighted by Gasteiger charge is -2.21. The zero-order chi connectivity index (χ0) is 29.6. The molecule has 11 nitrogen and oxygen atoms in total. The number of para-hydroxylation sites is 2. The van der Waals surface area contributed by atoms with Gasteiger partial charge in [-0.05, 0) is 38.1 Å². The number of fused-ring (bicyclic) bond motifs is 2. The molecular weight excluding hydrogens is 567 g/mol. The summed E-state index contributed by atoms with van der Waals surface area (Å²) in [6.45, 7) is 3.73. The summed E-state index contributed by atoms with van der Waals surface area (Å²) in [5.41, 5.74) is 2.69. The maximum atomic E-state index is 13.5. The van der Waals surface area contributed by atoms with Crippen LogP contribution in [-0.4, -0.2) is 58.6 Å². The summed E-state index contributed by atoms with van der Waals surface area (Å²) in [5.74, 6) is -0.528. The molecule has 1 aromatic heterocycles. The van der Waals surface area contributed by atoms with Crippen molar-refractivity contribution in [3.63, 3.8) is 0 Å². The number of rotatable bonds is 13. The van der Waals surface area contributed by atoms with Gasteiger partial charge in [0, 0.05) is 17.3 Å². The van der Waals surface area contributed by atoms with Gasteiger partial charge in [-0.25, -0.2) is 13.4 Å². The van der Waals surface area contributed by atoms with Crippen LogP contribution < -0.4 is 20.1 Å². The summed E-state index contributed by atoms with van der Waals surface area (Å²) in [6.07, 6.45) is 0.924. The largest absolute Gasteiger partial charge is 0.494 e. The molecule has 218 valence electrons. The molecule has 0 radical (unpaired) electrons. The molecule has 0 aliphatic carbocycles. The zero-order valence-corrected chi connectivity index (χ0v) is 25.0. The van der Waals surface area contributed by atoms with E-state index in [2.05, 4.69) is 15.4 Å². The fraction of sp³-hybridized carbons (Fsp3) is 0.286. The van der Waals surface area contributed by atoms with Crippen molar-refractivity contribution in [3.8, 4) is 5.75 Å². The quantitative estimate of drug-likeness (QED) is 0.134. The van der Waals surface area contributed by atoms with E-state index in [-0.39, 0.29) is 42.9 Å². The molecule has 0 saturated carbocycles. The third-order valence-electron chi connectivity index (χ3n) is 6.05. The number of nitrogens with one attached hydrogen (secondary N) is 3. The Bertz CT molecular complexity index is 1670. The molecule has 0 atom stereocenters. The van der Waals surface area contributed by atoms with Gasteiger partial charge in [0.05, 0.1) is 60.8 Å². The highest BCUT2D eigenvalue weighted by Gasteiger charge is 2.26. The van der Waals surface area contributed by atoms with Gasteiger partial charge in [0.15, 0.2) is 5.75 Å². The van der Waals surface area contributed by atoms with Gasteiger partial charge in [0.2, 0.25) is 10.0 Å². The highest BCUT2D eigenvalue weighted by molar-refractivity contribution is 7.92. The second-order valence-corrected chi connectivity index (χ2v) is 12.9. The summed E-state index contributed by atoms with van der Waals surface area (Å²) in [5, 5.41) is 7.80. The van der Waals surface area contributed by atoms with Crippen LogP contribution in [0.5, 0.6) is 5.75 Å². The number of pyridine rings is 1. The molecule has 1 amide bonds. The molecule has 0 spiro atoms. The Morgan fingerprint density at radius 1 is 0.902 bits per heavy atom. The number of amides is 1. The molecule has 0 bridgehead atoms. The Hall–Kier alpha value is -3.70. The Labute approximate surface area is 239 Å². The van der Waals surface area contributed by atoms with E-state index < -0.39 is 23.5 Å². The van der Waals surface area contributed by atoms with Crippen LogP contribution in [0.2, 0.25) is 0 Å². The monoisotopic (exact) mass is 600 g/mol. The zero-order valence-electron chi connectivity index (χ0n) is 23.3. The number of methoxy groups -OCH3 is 1. The molecule has 0 aliphatic rings. The van der Waals surface area contributed by atoms with Crippen LogP contribution in [0.1, 0.15) is 24.2 Å². The number of carbonyl (C=O) groups is 1. The van der Waals surface area contributed by atoms with E-state index in [1.165, 1.54) is 13.2 Å². The first kappa shape index (κ1) is 30.3. The van der Waals surface area contributed by atoms with Gasteiger partial charge >= 0.3 is 7.60 Å². The summed E-state index contributed by atoms with van der Waals surface area (Å²) in [4.78, 5) is 18.3. The molecule has 1 heterocycles. The second kappa shape index (κ2) is 12.9. The summed E-state index contributed by atoms with van der Waals surface area (Å²) in [6, 6.07) is 18.4. The number of nitrogens with zero attached hydrogens (tertiary/aromatic N) is 1. The number of sulfonamides is 1. The smallest absolute Gasteiger partial charge is 0.332 e. The van der Waals surface area contributed by atoms with Gasteiger partial charge in [-0.15, -0.1) is 0 Å². The number of ether oxygens (including phenoxy) is 1. The minimum absolute atomic E-state index is 0.0228. The van der Waals surface area contributed by atoms with Crippen LogP contribution in [0.25, 0.3) is 21.8 Å². The lowest BCUT2D eigenvalue weighted by atomic mass is 10.1. The molecule has 13 heteroatoms. The molecule has 0 unspecified atom stereocenters. The second-order valence-electron chi connectivity index (χ2n) is 9.02. The van der Waals surface area contributed by atoms with Crippen molar-refractivity contribution < 1.29 is 31.6 Å². The van der Waals surface area contributed by atoms with Crippen LogP contribution in [0.3, 0.4) is 0 Å². The van der Waals surface area contributed by atoms with Crippen molar-refractivity contribution >= 4 is 62.4 Å². The number of anilines is 3.